The standard InChI is InChI=1S/C29H33NO7/c1-7-9-10-14-36-29(6)27(34)23-21-20(31)15-19(25(33)22(21)24(32)18(5)26(23)37-29)30-28(35)17(4)13-11-12-16(3)8-2/h10-16,32H,7-9H2,1-6H3,(H,30,35)/b12-11+,14-10+,17-13-/t16?,29-/m0/s1. The molecular weight excluding hydrogens is 474 g/mol. The molecule has 1 unspecified atom stereocenters. The van der Waals surface area contributed by atoms with Gasteiger partial charge in [0.1, 0.15) is 11.5 Å². The summed E-state index contributed by atoms with van der Waals surface area (Å²) in [6.45, 7) is 10.6. The molecule has 8 heteroatoms. The van der Waals surface area contributed by atoms with Crippen molar-refractivity contribution in [2.24, 2.45) is 5.92 Å². The lowest BCUT2D eigenvalue weighted by Gasteiger charge is -2.21. The van der Waals surface area contributed by atoms with Gasteiger partial charge >= 0.3 is 5.79 Å². The molecule has 1 aliphatic carbocycles. The number of phenolic OH excluding ortho intramolecular Hbond substituents is 1. The molecule has 0 bridgehead atoms. The molecule has 2 aliphatic rings. The van der Waals surface area contributed by atoms with Gasteiger partial charge in [0.2, 0.25) is 5.78 Å². The average molecular weight is 508 g/mol. The number of fused-ring (bicyclic) bond motifs is 3. The second-order valence-corrected chi connectivity index (χ2v) is 9.41. The summed E-state index contributed by atoms with van der Waals surface area (Å²) in [6.07, 6.45) is 12.0. The van der Waals surface area contributed by atoms with E-state index in [2.05, 4.69) is 12.2 Å². The molecule has 0 spiro atoms. The SMILES string of the molecule is CCC/C=C/O[C@@]1(C)Oc2c(C)c(O)c3c(c2C1=O)C(=O)C=C(NC(=O)/C(C)=C\C=C\C(C)CC)C3=O. The summed E-state index contributed by atoms with van der Waals surface area (Å²) in [4.78, 5) is 52.5. The molecule has 196 valence electrons. The predicted molar refractivity (Wildman–Crippen MR) is 139 cm³/mol. The zero-order chi connectivity index (χ0) is 27.5. The summed E-state index contributed by atoms with van der Waals surface area (Å²) < 4.78 is 11.4. The summed E-state index contributed by atoms with van der Waals surface area (Å²) in [5.74, 6) is -4.61. The smallest absolute Gasteiger partial charge is 0.312 e. The highest BCUT2D eigenvalue weighted by Crippen LogP contribution is 2.47. The Hall–Kier alpha value is -3.94. The number of carbonyl (C=O) groups is 4. The molecule has 1 amide bonds. The third-order valence-electron chi connectivity index (χ3n) is 6.47. The monoisotopic (exact) mass is 507 g/mol. The van der Waals surface area contributed by atoms with Crippen molar-refractivity contribution in [3.8, 4) is 11.5 Å². The molecule has 0 saturated heterocycles. The minimum Gasteiger partial charge on any atom is -0.507 e. The highest BCUT2D eigenvalue weighted by molar-refractivity contribution is 6.30. The molecule has 0 aromatic heterocycles. The van der Waals surface area contributed by atoms with Gasteiger partial charge in [0.15, 0.2) is 5.78 Å². The van der Waals surface area contributed by atoms with E-state index in [0.717, 1.165) is 25.3 Å². The molecule has 0 fully saturated rings. The maximum absolute atomic E-state index is 13.4. The number of nitrogens with one attached hydrogen (secondary N) is 1. The van der Waals surface area contributed by atoms with Crippen LogP contribution < -0.4 is 10.1 Å². The largest absolute Gasteiger partial charge is 0.507 e. The van der Waals surface area contributed by atoms with Crippen molar-refractivity contribution < 1.29 is 33.8 Å². The van der Waals surface area contributed by atoms with Crippen molar-refractivity contribution in [3.05, 3.63) is 70.2 Å². The van der Waals surface area contributed by atoms with Crippen molar-refractivity contribution in [1.29, 1.82) is 0 Å². The van der Waals surface area contributed by atoms with Gasteiger partial charge < -0.3 is 19.9 Å². The normalized spacial score (nSPS) is 20.1. The molecule has 1 aromatic rings. The molecular formula is C29H33NO7. The molecule has 0 radical (unpaired) electrons. The first-order valence-electron chi connectivity index (χ1n) is 12.4. The summed E-state index contributed by atoms with van der Waals surface area (Å²) in [7, 11) is 0. The van der Waals surface area contributed by atoms with Gasteiger partial charge in [-0.25, -0.2) is 0 Å². The number of rotatable bonds is 9. The number of hydrogen-bond acceptors (Lipinski definition) is 7. The van der Waals surface area contributed by atoms with Gasteiger partial charge in [0, 0.05) is 24.1 Å². The van der Waals surface area contributed by atoms with Crippen LogP contribution in [0.3, 0.4) is 0 Å². The Morgan fingerprint density at radius 3 is 2.57 bits per heavy atom. The first-order valence-corrected chi connectivity index (χ1v) is 12.4. The molecule has 8 nitrogen and oxygen atoms in total. The minimum atomic E-state index is -1.76. The summed E-state index contributed by atoms with van der Waals surface area (Å²) in [5.41, 5.74) is -0.577. The maximum atomic E-state index is 13.4. The average Bonchev–Trinajstić information content (AvgIpc) is 3.12. The third kappa shape index (κ3) is 5.28. The van der Waals surface area contributed by atoms with Crippen molar-refractivity contribution >= 4 is 23.3 Å². The Morgan fingerprint density at radius 1 is 1.22 bits per heavy atom. The molecule has 37 heavy (non-hydrogen) atoms. The van der Waals surface area contributed by atoms with Crippen LogP contribution in [0.15, 0.2) is 47.9 Å². The first kappa shape index (κ1) is 27.6. The second kappa shape index (κ2) is 11.0. The summed E-state index contributed by atoms with van der Waals surface area (Å²) in [5, 5.41) is 13.3. The lowest BCUT2D eigenvalue weighted by Crippen LogP contribution is -2.38. The van der Waals surface area contributed by atoms with E-state index in [1.54, 1.807) is 25.2 Å². The van der Waals surface area contributed by atoms with E-state index in [9.17, 15) is 24.3 Å². The van der Waals surface area contributed by atoms with Gasteiger partial charge in [0.25, 0.3) is 11.7 Å². The second-order valence-electron chi connectivity index (χ2n) is 9.41. The number of Topliss-reactive ketones (excluding diaryl/α,β-unsaturated/α-hetero) is 2. The number of ketones is 3. The van der Waals surface area contributed by atoms with Gasteiger partial charge in [0.05, 0.1) is 28.6 Å². The summed E-state index contributed by atoms with van der Waals surface area (Å²) >= 11 is 0. The van der Waals surface area contributed by atoms with Crippen LogP contribution >= 0.6 is 0 Å². The van der Waals surface area contributed by atoms with Gasteiger partial charge in [-0.1, -0.05) is 51.8 Å². The molecule has 3 rings (SSSR count). The Balaban J connectivity index is 1.95. The first-order chi connectivity index (χ1) is 17.5. The number of phenols is 1. The van der Waals surface area contributed by atoms with Gasteiger partial charge in [-0.05, 0) is 32.3 Å². The molecule has 0 saturated carbocycles. The highest BCUT2D eigenvalue weighted by atomic mass is 16.7. The quantitative estimate of drug-likeness (QED) is 0.266. The zero-order valence-corrected chi connectivity index (χ0v) is 22.1. The van der Waals surface area contributed by atoms with Crippen LogP contribution in [0.4, 0.5) is 0 Å². The third-order valence-corrected chi connectivity index (χ3v) is 6.47. The maximum Gasteiger partial charge on any atom is 0.312 e. The van der Waals surface area contributed by atoms with E-state index in [1.165, 1.54) is 20.1 Å². The van der Waals surface area contributed by atoms with E-state index in [1.807, 2.05) is 19.9 Å². The zero-order valence-electron chi connectivity index (χ0n) is 22.1. The molecule has 2 N–H and O–H groups in total. The fourth-order valence-corrected chi connectivity index (χ4v) is 3.93. The summed E-state index contributed by atoms with van der Waals surface area (Å²) in [6, 6.07) is 0. The topological polar surface area (TPSA) is 119 Å². The van der Waals surface area contributed by atoms with Crippen LogP contribution in [0.25, 0.3) is 0 Å². The Kier molecular flexibility index (Phi) is 8.21. The molecule has 1 aliphatic heterocycles. The van der Waals surface area contributed by atoms with E-state index in [4.69, 9.17) is 9.47 Å². The number of aromatic hydroxyl groups is 1. The van der Waals surface area contributed by atoms with Crippen LogP contribution in [-0.2, 0) is 9.53 Å². The van der Waals surface area contributed by atoms with Gasteiger partial charge in [-0.3, -0.25) is 19.2 Å². The highest BCUT2D eigenvalue weighted by Gasteiger charge is 2.51. The van der Waals surface area contributed by atoms with Crippen LogP contribution in [-0.4, -0.2) is 34.2 Å². The molecule has 1 heterocycles. The van der Waals surface area contributed by atoms with Crippen LogP contribution in [0.1, 0.15) is 90.5 Å². The van der Waals surface area contributed by atoms with Crippen LogP contribution in [0.5, 0.6) is 11.5 Å². The van der Waals surface area contributed by atoms with Crippen LogP contribution in [0.2, 0.25) is 0 Å². The van der Waals surface area contributed by atoms with Gasteiger partial charge in [-0.15, -0.1) is 0 Å². The number of hydrogen-bond donors (Lipinski definition) is 2. The molecule has 1 aromatic carbocycles. The van der Waals surface area contributed by atoms with E-state index in [0.29, 0.717) is 11.5 Å². The molecule has 2 atom stereocenters. The Morgan fingerprint density at radius 2 is 1.92 bits per heavy atom. The van der Waals surface area contributed by atoms with E-state index < -0.39 is 34.8 Å². The van der Waals surface area contributed by atoms with E-state index >= 15 is 0 Å². The lowest BCUT2D eigenvalue weighted by atomic mass is 9.84. The Bertz CT molecular complexity index is 1280. The minimum absolute atomic E-state index is 0.0125. The number of amides is 1. The fraction of sp³-hybridized carbons (Fsp3) is 0.379. The fourth-order valence-electron chi connectivity index (χ4n) is 3.93. The number of carbonyl (C=O) groups excluding carboxylic acids is 4. The predicted octanol–water partition coefficient (Wildman–Crippen LogP) is 5.25. The number of allylic oxidation sites excluding steroid dienone is 6. The van der Waals surface area contributed by atoms with Crippen molar-refractivity contribution in [2.75, 3.05) is 0 Å². The van der Waals surface area contributed by atoms with Crippen LogP contribution in [0, 0.1) is 12.8 Å². The Labute approximate surface area is 216 Å². The number of ether oxygens (including phenoxy) is 2. The van der Waals surface area contributed by atoms with E-state index in [-0.39, 0.29) is 33.7 Å². The lowest BCUT2D eigenvalue weighted by molar-refractivity contribution is -0.116. The van der Waals surface area contributed by atoms with Crippen molar-refractivity contribution in [3.63, 3.8) is 0 Å². The van der Waals surface area contributed by atoms with Crippen molar-refractivity contribution in [2.45, 2.75) is 66.6 Å². The number of unbranched alkanes of at least 4 members (excludes halogenated alkanes) is 1. The number of benzene rings is 1. The van der Waals surface area contributed by atoms with Crippen molar-refractivity contribution in [1.82, 2.24) is 5.32 Å². The van der Waals surface area contributed by atoms with Gasteiger partial charge in [-0.2, -0.15) is 0 Å².